The van der Waals surface area contributed by atoms with Gasteiger partial charge in [0.25, 0.3) is 0 Å². The SMILES string of the molecule is CCOCCCNC(=O)C(C)C#N. The first-order valence-corrected chi connectivity index (χ1v) is 4.47. The summed E-state index contributed by atoms with van der Waals surface area (Å²) in [6.07, 6.45) is 0.789. The van der Waals surface area contributed by atoms with E-state index in [2.05, 4.69) is 5.32 Å². The molecule has 1 amide bonds. The molecule has 0 aromatic rings. The number of nitrogens with one attached hydrogen (secondary N) is 1. The predicted octanol–water partition coefficient (Wildman–Crippen LogP) is 0.689. The fourth-order valence-corrected chi connectivity index (χ4v) is 0.742. The molecule has 0 spiro atoms. The molecule has 0 heterocycles. The van der Waals surface area contributed by atoms with Crippen LogP contribution in [0.2, 0.25) is 0 Å². The van der Waals surface area contributed by atoms with Crippen LogP contribution >= 0.6 is 0 Å². The number of rotatable bonds is 6. The summed E-state index contributed by atoms with van der Waals surface area (Å²) in [7, 11) is 0. The lowest BCUT2D eigenvalue weighted by Crippen LogP contribution is -2.29. The van der Waals surface area contributed by atoms with Crippen LogP contribution in [0, 0.1) is 17.2 Å². The monoisotopic (exact) mass is 184 g/mol. The average molecular weight is 184 g/mol. The zero-order valence-corrected chi connectivity index (χ0v) is 8.17. The van der Waals surface area contributed by atoms with Gasteiger partial charge in [0.15, 0.2) is 0 Å². The molecule has 0 aliphatic rings. The molecule has 0 radical (unpaired) electrons. The van der Waals surface area contributed by atoms with Crippen LogP contribution in [-0.2, 0) is 9.53 Å². The number of amides is 1. The van der Waals surface area contributed by atoms with E-state index in [4.69, 9.17) is 10.00 Å². The maximum Gasteiger partial charge on any atom is 0.237 e. The van der Waals surface area contributed by atoms with Crippen LogP contribution in [0.15, 0.2) is 0 Å². The Morgan fingerprint density at radius 1 is 1.69 bits per heavy atom. The van der Waals surface area contributed by atoms with E-state index in [0.29, 0.717) is 19.8 Å². The molecule has 0 aromatic carbocycles. The minimum Gasteiger partial charge on any atom is -0.382 e. The minimum atomic E-state index is -0.563. The second-order valence-electron chi connectivity index (χ2n) is 2.69. The summed E-state index contributed by atoms with van der Waals surface area (Å²) in [5.41, 5.74) is 0. The van der Waals surface area contributed by atoms with Gasteiger partial charge < -0.3 is 10.1 Å². The molecule has 0 saturated carbocycles. The Hall–Kier alpha value is -1.08. The van der Waals surface area contributed by atoms with Crippen molar-refractivity contribution in [3.8, 4) is 6.07 Å². The van der Waals surface area contributed by atoms with Gasteiger partial charge in [-0.15, -0.1) is 0 Å². The Labute approximate surface area is 78.9 Å². The van der Waals surface area contributed by atoms with Crippen LogP contribution in [0.25, 0.3) is 0 Å². The van der Waals surface area contributed by atoms with Gasteiger partial charge >= 0.3 is 0 Å². The average Bonchev–Trinajstić information content (AvgIpc) is 2.16. The highest BCUT2D eigenvalue weighted by molar-refractivity contribution is 5.80. The van der Waals surface area contributed by atoms with Gasteiger partial charge in [-0.3, -0.25) is 4.79 Å². The maximum atomic E-state index is 11.0. The van der Waals surface area contributed by atoms with Gasteiger partial charge in [0.1, 0.15) is 5.92 Å². The Bertz CT molecular complexity index is 187. The van der Waals surface area contributed by atoms with E-state index in [-0.39, 0.29) is 5.91 Å². The maximum absolute atomic E-state index is 11.0. The summed E-state index contributed by atoms with van der Waals surface area (Å²) < 4.78 is 5.09. The first kappa shape index (κ1) is 11.9. The zero-order valence-electron chi connectivity index (χ0n) is 8.17. The molecule has 74 valence electrons. The predicted molar refractivity (Wildman–Crippen MR) is 48.9 cm³/mol. The quantitative estimate of drug-likeness (QED) is 0.618. The van der Waals surface area contributed by atoms with E-state index in [1.165, 1.54) is 0 Å². The molecule has 4 heteroatoms. The Kier molecular flexibility index (Phi) is 6.93. The number of ether oxygens (including phenoxy) is 1. The smallest absolute Gasteiger partial charge is 0.237 e. The molecule has 13 heavy (non-hydrogen) atoms. The van der Waals surface area contributed by atoms with Crippen LogP contribution in [0.5, 0.6) is 0 Å². The third-order valence-corrected chi connectivity index (χ3v) is 1.56. The van der Waals surface area contributed by atoms with Crippen molar-refractivity contribution in [2.45, 2.75) is 20.3 Å². The van der Waals surface area contributed by atoms with Crippen molar-refractivity contribution in [3.63, 3.8) is 0 Å². The van der Waals surface area contributed by atoms with Crippen LogP contribution in [0.1, 0.15) is 20.3 Å². The van der Waals surface area contributed by atoms with E-state index in [0.717, 1.165) is 6.42 Å². The van der Waals surface area contributed by atoms with E-state index >= 15 is 0 Å². The number of carbonyl (C=O) groups excluding carboxylic acids is 1. The van der Waals surface area contributed by atoms with Gasteiger partial charge in [0.05, 0.1) is 6.07 Å². The lowest BCUT2D eigenvalue weighted by Gasteiger charge is -2.05. The van der Waals surface area contributed by atoms with Gasteiger partial charge in [0, 0.05) is 19.8 Å². The third-order valence-electron chi connectivity index (χ3n) is 1.56. The van der Waals surface area contributed by atoms with Crippen molar-refractivity contribution in [1.82, 2.24) is 5.32 Å². The molecule has 0 bridgehead atoms. The van der Waals surface area contributed by atoms with Crippen LogP contribution in [0.3, 0.4) is 0 Å². The zero-order chi connectivity index (χ0) is 10.1. The fourth-order valence-electron chi connectivity index (χ4n) is 0.742. The molecule has 0 saturated heterocycles. The largest absolute Gasteiger partial charge is 0.382 e. The van der Waals surface area contributed by atoms with Gasteiger partial charge in [-0.25, -0.2) is 0 Å². The van der Waals surface area contributed by atoms with Crippen molar-refractivity contribution >= 4 is 5.91 Å². The number of carbonyl (C=O) groups is 1. The van der Waals surface area contributed by atoms with Gasteiger partial charge in [-0.2, -0.15) is 5.26 Å². The molecule has 0 aromatic heterocycles. The van der Waals surface area contributed by atoms with Crippen molar-refractivity contribution < 1.29 is 9.53 Å². The highest BCUT2D eigenvalue weighted by atomic mass is 16.5. The number of nitrogens with zero attached hydrogens (tertiary/aromatic N) is 1. The molecule has 4 nitrogen and oxygen atoms in total. The van der Waals surface area contributed by atoms with Gasteiger partial charge in [-0.05, 0) is 20.3 Å². The molecule has 0 rings (SSSR count). The van der Waals surface area contributed by atoms with E-state index < -0.39 is 5.92 Å². The second kappa shape index (κ2) is 7.56. The number of nitriles is 1. The number of hydrogen-bond acceptors (Lipinski definition) is 3. The summed E-state index contributed by atoms with van der Waals surface area (Å²) in [6.45, 7) is 5.43. The summed E-state index contributed by atoms with van der Waals surface area (Å²) in [6, 6.07) is 1.87. The summed E-state index contributed by atoms with van der Waals surface area (Å²) in [5, 5.41) is 11.1. The summed E-state index contributed by atoms with van der Waals surface area (Å²) in [4.78, 5) is 11.0. The van der Waals surface area contributed by atoms with Crippen molar-refractivity contribution in [1.29, 1.82) is 5.26 Å². The molecular weight excluding hydrogens is 168 g/mol. The van der Waals surface area contributed by atoms with E-state index in [1.54, 1.807) is 6.92 Å². The van der Waals surface area contributed by atoms with Crippen molar-refractivity contribution in [2.75, 3.05) is 19.8 Å². The molecule has 0 fully saturated rings. The Morgan fingerprint density at radius 3 is 2.92 bits per heavy atom. The Morgan fingerprint density at radius 2 is 2.38 bits per heavy atom. The third kappa shape index (κ3) is 6.12. The molecule has 1 atom stereocenters. The number of hydrogen-bond donors (Lipinski definition) is 1. The second-order valence-corrected chi connectivity index (χ2v) is 2.69. The lowest BCUT2D eigenvalue weighted by molar-refractivity contribution is -0.122. The fraction of sp³-hybridized carbons (Fsp3) is 0.778. The first-order chi connectivity index (χ1) is 6.22. The van der Waals surface area contributed by atoms with E-state index in [9.17, 15) is 4.79 Å². The minimum absolute atomic E-state index is 0.209. The Balaban J connectivity index is 3.33. The molecule has 0 aliphatic heterocycles. The first-order valence-electron chi connectivity index (χ1n) is 4.47. The normalized spacial score (nSPS) is 11.8. The van der Waals surface area contributed by atoms with E-state index in [1.807, 2.05) is 13.0 Å². The highest BCUT2D eigenvalue weighted by Crippen LogP contribution is 1.90. The molecule has 0 aliphatic carbocycles. The molecule has 1 N–H and O–H groups in total. The highest BCUT2D eigenvalue weighted by Gasteiger charge is 2.09. The topological polar surface area (TPSA) is 62.1 Å². The summed E-state index contributed by atoms with van der Waals surface area (Å²) in [5.74, 6) is -0.772. The molecule has 1 unspecified atom stereocenters. The lowest BCUT2D eigenvalue weighted by atomic mass is 10.2. The molecular formula is C9H16N2O2. The standard InChI is InChI=1S/C9H16N2O2/c1-3-13-6-4-5-11-9(12)8(2)7-10/h8H,3-6H2,1-2H3,(H,11,12). The van der Waals surface area contributed by atoms with Gasteiger partial charge in [-0.1, -0.05) is 0 Å². The van der Waals surface area contributed by atoms with Crippen molar-refractivity contribution in [2.24, 2.45) is 5.92 Å². The van der Waals surface area contributed by atoms with Crippen LogP contribution in [0.4, 0.5) is 0 Å². The van der Waals surface area contributed by atoms with Crippen LogP contribution in [-0.4, -0.2) is 25.7 Å². The van der Waals surface area contributed by atoms with Crippen LogP contribution < -0.4 is 5.32 Å². The van der Waals surface area contributed by atoms with Gasteiger partial charge in [0.2, 0.25) is 5.91 Å². The summed E-state index contributed by atoms with van der Waals surface area (Å²) >= 11 is 0. The van der Waals surface area contributed by atoms with Crippen molar-refractivity contribution in [3.05, 3.63) is 0 Å².